The van der Waals surface area contributed by atoms with Crippen molar-refractivity contribution in [2.45, 2.75) is 12.6 Å². The van der Waals surface area contributed by atoms with Crippen molar-refractivity contribution in [3.05, 3.63) is 35.9 Å². The fraction of sp³-hybridized carbons (Fsp3) is 0.385. The van der Waals surface area contributed by atoms with E-state index in [1.165, 1.54) is 4.90 Å². The molecule has 1 aliphatic heterocycles. The van der Waals surface area contributed by atoms with Gasteiger partial charge in [-0.05, 0) is 5.56 Å². The molecular formula is C13H15N2O4-. The number of amides is 1. The van der Waals surface area contributed by atoms with Crippen LogP contribution >= 0.6 is 0 Å². The second kappa shape index (κ2) is 6.19. The molecule has 1 N–H and O–H groups in total. The van der Waals surface area contributed by atoms with Gasteiger partial charge in [0.25, 0.3) is 0 Å². The molecule has 1 atom stereocenters. The number of nitrogens with one attached hydrogen (secondary N) is 1. The molecule has 0 aliphatic carbocycles. The van der Waals surface area contributed by atoms with Crippen molar-refractivity contribution in [1.29, 1.82) is 0 Å². The molecule has 0 saturated carbocycles. The molecule has 1 aromatic carbocycles. The van der Waals surface area contributed by atoms with Crippen molar-refractivity contribution < 1.29 is 19.4 Å². The van der Waals surface area contributed by atoms with Gasteiger partial charge in [0.15, 0.2) is 0 Å². The zero-order valence-corrected chi connectivity index (χ0v) is 10.4. The molecule has 0 spiro atoms. The lowest BCUT2D eigenvalue weighted by Gasteiger charge is -2.35. The van der Waals surface area contributed by atoms with Crippen LogP contribution in [-0.2, 0) is 16.1 Å². The first-order valence-electron chi connectivity index (χ1n) is 6.07. The lowest BCUT2D eigenvalue weighted by atomic mass is 10.2. The summed E-state index contributed by atoms with van der Waals surface area (Å²) in [6.07, 6.45) is -0.625. The lowest BCUT2D eigenvalue weighted by molar-refractivity contribution is -0.311. The molecule has 1 heterocycles. The van der Waals surface area contributed by atoms with Gasteiger partial charge in [0.05, 0.1) is 12.0 Å². The maximum Gasteiger partial charge on any atom is 0.410 e. The minimum absolute atomic E-state index is 0.128. The lowest BCUT2D eigenvalue weighted by Crippen LogP contribution is -2.60. The van der Waals surface area contributed by atoms with Crippen molar-refractivity contribution in [3.63, 3.8) is 0 Å². The maximum atomic E-state index is 11.9. The normalized spacial score (nSPS) is 18.9. The number of hydrogen-bond donors (Lipinski definition) is 1. The standard InChI is InChI=1S/C13H16N2O4/c16-12(17)11-8-14-6-7-15(11)13(18)19-9-10-4-2-1-3-5-10/h1-5,11,14H,6-9H2,(H,16,17)/p-1/t11-/m0/s1. The molecule has 102 valence electrons. The van der Waals surface area contributed by atoms with E-state index in [0.29, 0.717) is 13.1 Å². The predicted molar refractivity (Wildman–Crippen MR) is 65.0 cm³/mol. The molecule has 1 amide bonds. The highest BCUT2D eigenvalue weighted by molar-refractivity contribution is 5.79. The number of benzene rings is 1. The number of nitrogens with zero attached hydrogens (tertiary/aromatic N) is 1. The summed E-state index contributed by atoms with van der Waals surface area (Å²) in [7, 11) is 0. The van der Waals surface area contributed by atoms with Gasteiger partial charge in [0.2, 0.25) is 0 Å². The van der Waals surface area contributed by atoms with Crippen molar-refractivity contribution in [1.82, 2.24) is 10.2 Å². The maximum absolute atomic E-state index is 11.9. The number of aliphatic carboxylic acids is 1. The molecule has 19 heavy (non-hydrogen) atoms. The van der Waals surface area contributed by atoms with Gasteiger partial charge in [-0.3, -0.25) is 4.90 Å². The second-order valence-corrected chi connectivity index (χ2v) is 4.27. The van der Waals surface area contributed by atoms with Crippen molar-refractivity contribution in [2.24, 2.45) is 0 Å². The third-order valence-corrected chi connectivity index (χ3v) is 2.96. The number of hydrogen-bond acceptors (Lipinski definition) is 5. The van der Waals surface area contributed by atoms with Gasteiger partial charge in [-0.1, -0.05) is 30.3 Å². The molecule has 1 aromatic rings. The van der Waals surface area contributed by atoms with Gasteiger partial charge in [-0.25, -0.2) is 4.79 Å². The van der Waals surface area contributed by atoms with Crippen LogP contribution in [0.25, 0.3) is 0 Å². The Bertz CT molecular complexity index is 449. The molecule has 1 fully saturated rings. The van der Waals surface area contributed by atoms with Crippen LogP contribution in [0.1, 0.15) is 5.56 Å². The minimum atomic E-state index is -1.27. The Morgan fingerprint density at radius 3 is 2.79 bits per heavy atom. The van der Waals surface area contributed by atoms with E-state index in [0.717, 1.165) is 5.56 Å². The van der Waals surface area contributed by atoms with Crippen LogP contribution < -0.4 is 10.4 Å². The highest BCUT2D eigenvalue weighted by atomic mass is 16.6. The monoisotopic (exact) mass is 263 g/mol. The van der Waals surface area contributed by atoms with Crippen molar-refractivity contribution >= 4 is 12.1 Å². The Labute approximate surface area is 111 Å². The largest absolute Gasteiger partial charge is 0.548 e. The first-order valence-corrected chi connectivity index (χ1v) is 6.07. The van der Waals surface area contributed by atoms with E-state index < -0.39 is 18.1 Å². The summed E-state index contributed by atoms with van der Waals surface area (Å²) in [6, 6.07) is 8.25. The molecule has 6 heteroatoms. The number of ether oxygens (including phenoxy) is 1. The van der Waals surface area contributed by atoms with Crippen LogP contribution in [0, 0.1) is 0 Å². The zero-order chi connectivity index (χ0) is 13.7. The van der Waals surface area contributed by atoms with Gasteiger partial charge in [-0.2, -0.15) is 0 Å². The summed E-state index contributed by atoms with van der Waals surface area (Å²) in [6.45, 7) is 1.16. The van der Waals surface area contributed by atoms with E-state index in [-0.39, 0.29) is 13.2 Å². The van der Waals surface area contributed by atoms with Crippen LogP contribution in [0.3, 0.4) is 0 Å². The molecule has 6 nitrogen and oxygen atoms in total. The summed E-state index contributed by atoms with van der Waals surface area (Å²) in [4.78, 5) is 24.0. The van der Waals surface area contributed by atoms with Gasteiger partial charge >= 0.3 is 6.09 Å². The summed E-state index contributed by atoms with van der Waals surface area (Å²) >= 11 is 0. The molecule has 2 rings (SSSR count). The van der Waals surface area contributed by atoms with E-state index >= 15 is 0 Å². The Hall–Kier alpha value is -2.08. The highest BCUT2D eigenvalue weighted by Gasteiger charge is 2.28. The molecule has 1 saturated heterocycles. The highest BCUT2D eigenvalue weighted by Crippen LogP contribution is 2.08. The van der Waals surface area contributed by atoms with E-state index in [9.17, 15) is 14.7 Å². The van der Waals surface area contributed by atoms with Crippen LogP contribution in [0.4, 0.5) is 4.79 Å². The summed E-state index contributed by atoms with van der Waals surface area (Å²) in [5.74, 6) is -1.27. The molecule has 0 radical (unpaired) electrons. The molecule has 0 aromatic heterocycles. The third kappa shape index (κ3) is 3.45. The first-order chi connectivity index (χ1) is 9.18. The van der Waals surface area contributed by atoms with Crippen LogP contribution in [0.5, 0.6) is 0 Å². The zero-order valence-electron chi connectivity index (χ0n) is 10.4. The summed E-state index contributed by atoms with van der Waals surface area (Å²) in [5.41, 5.74) is 0.857. The van der Waals surface area contributed by atoms with E-state index in [1.54, 1.807) is 0 Å². The van der Waals surface area contributed by atoms with E-state index in [4.69, 9.17) is 4.74 Å². The van der Waals surface area contributed by atoms with Crippen molar-refractivity contribution in [3.8, 4) is 0 Å². The molecule has 0 bridgehead atoms. The van der Waals surface area contributed by atoms with E-state index in [1.807, 2.05) is 30.3 Å². The topological polar surface area (TPSA) is 81.7 Å². The van der Waals surface area contributed by atoms with E-state index in [2.05, 4.69) is 5.32 Å². The second-order valence-electron chi connectivity index (χ2n) is 4.27. The molecular weight excluding hydrogens is 248 g/mol. The van der Waals surface area contributed by atoms with Gasteiger partial charge in [-0.15, -0.1) is 0 Å². The Balaban J connectivity index is 1.93. The van der Waals surface area contributed by atoms with Crippen LogP contribution in [0.15, 0.2) is 30.3 Å². The smallest absolute Gasteiger partial charge is 0.410 e. The van der Waals surface area contributed by atoms with Crippen LogP contribution in [0.2, 0.25) is 0 Å². The average molecular weight is 263 g/mol. The number of carboxylic acid groups (broad SMARTS) is 1. The first kappa shape index (κ1) is 13.4. The Morgan fingerprint density at radius 1 is 1.37 bits per heavy atom. The van der Waals surface area contributed by atoms with Gasteiger partial charge in [0, 0.05) is 19.6 Å². The number of carboxylic acids is 1. The van der Waals surface area contributed by atoms with Crippen LogP contribution in [-0.4, -0.2) is 42.6 Å². The SMILES string of the molecule is O=C([O-])[C@@H]1CNCCN1C(=O)OCc1ccccc1. The fourth-order valence-corrected chi connectivity index (χ4v) is 1.94. The number of piperazine rings is 1. The van der Waals surface area contributed by atoms with Gasteiger partial charge < -0.3 is 20.0 Å². The number of carbonyl (C=O) groups is 2. The third-order valence-electron chi connectivity index (χ3n) is 2.96. The number of rotatable bonds is 3. The average Bonchev–Trinajstić information content (AvgIpc) is 2.46. The Morgan fingerprint density at radius 2 is 2.11 bits per heavy atom. The number of carbonyl (C=O) groups excluding carboxylic acids is 2. The minimum Gasteiger partial charge on any atom is -0.548 e. The van der Waals surface area contributed by atoms with Crippen molar-refractivity contribution in [2.75, 3.05) is 19.6 Å². The summed E-state index contributed by atoms with van der Waals surface area (Å²) < 4.78 is 5.12. The predicted octanol–water partition coefficient (Wildman–Crippen LogP) is -0.653. The fourth-order valence-electron chi connectivity index (χ4n) is 1.94. The quantitative estimate of drug-likeness (QED) is 0.783. The molecule has 1 aliphatic rings. The molecule has 0 unspecified atom stereocenters. The van der Waals surface area contributed by atoms with Gasteiger partial charge in [0.1, 0.15) is 6.61 Å². The Kier molecular flexibility index (Phi) is 4.35. The summed E-state index contributed by atoms with van der Waals surface area (Å²) in [5, 5.41) is 13.8.